The van der Waals surface area contributed by atoms with E-state index in [1.54, 1.807) is 24.4 Å². The Kier molecular flexibility index (Phi) is 15.8. The second-order valence-electron chi connectivity index (χ2n) is 9.86. The van der Waals surface area contributed by atoms with Gasteiger partial charge in [0.15, 0.2) is 0 Å². The molecule has 0 atom stereocenters. The summed E-state index contributed by atoms with van der Waals surface area (Å²) in [5, 5.41) is 12.7. The van der Waals surface area contributed by atoms with Gasteiger partial charge < -0.3 is 32.4 Å². The summed E-state index contributed by atoms with van der Waals surface area (Å²) >= 11 is 0. The number of nitrogens with two attached hydrogens (primary N) is 3. The molecule has 1 saturated carbocycles. The average Bonchev–Trinajstić information content (AvgIpc) is 2.97. The summed E-state index contributed by atoms with van der Waals surface area (Å²) < 4.78 is 43.3. The van der Waals surface area contributed by atoms with Crippen LogP contribution < -0.4 is 79.0 Å². The minimum atomic E-state index is -4.54. The van der Waals surface area contributed by atoms with Gasteiger partial charge in [0, 0.05) is 53.8 Å². The average molecular weight is 625 g/mol. The predicted octanol–water partition coefficient (Wildman–Crippen LogP) is 1.52. The van der Waals surface area contributed by atoms with Crippen molar-refractivity contribution in [1.82, 2.24) is 9.97 Å². The summed E-state index contributed by atoms with van der Waals surface area (Å²) in [6, 6.07) is 8.59. The number of rotatable bonds is 9. The quantitative estimate of drug-likeness (QED) is 0.158. The van der Waals surface area contributed by atoms with Crippen molar-refractivity contribution in [3.63, 3.8) is 0 Å². The van der Waals surface area contributed by atoms with Gasteiger partial charge in [0.1, 0.15) is 11.6 Å². The van der Waals surface area contributed by atoms with Crippen LogP contribution in [0.25, 0.3) is 6.08 Å². The molecule has 0 saturated heterocycles. The number of ether oxygens (including phenoxy) is 1. The molecule has 13 heteroatoms. The van der Waals surface area contributed by atoms with Crippen LogP contribution in [-0.2, 0) is 17.3 Å². The van der Waals surface area contributed by atoms with Gasteiger partial charge in [-0.05, 0) is 55.9 Å². The van der Waals surface area contributed by atoms with E-state index in [2.05, 4.69) is 15.3 Å². The predicted molar refractivity (Wildman–Crippen MR) is 155 cm³/mol. The van der Waals surface area contributed by atoms with Crippen LogP contribution in [0.2, 0.25) is 0 Å². The molecular formula is C30H36F3KN6O3. The molecule has 7 N–H and O–H groups in total. The van der Waals surface area contributed by atoms with Crippen LogP contribution in [-0.4, -0.2) is 35.3 Å². The number of alkyl halides is 3. The standard InChI is InChI=1S/C24H23F3N5O3.C6H13N.K/c25-24(26,27)18-8-9-30-20(12-18)32-23(34)16-6-4-15(5-7-16)11-19-21(28)17(13-31-22(19)29)3-1-2-10-35-14-33;7-6-4-2-1-3-5-6;/h1,3-9,12-13H,2,10-11,14H2,(H4,28,29,31)(H,30,32,34);6H,1-5,7H2;/q-1;;+1/b3-1+;;. The number of nitrogens with zero attached hydrogens (tertiary/aromatic N) is 2. The van der Waals surface area contributed by atoms with Crippen molar-refractivity contribution < 1.29 is 79.2 Å². The van der Waals surface area contributed by atoms with E-state index in [1.165, 1.54) is 44.2 Å². The van der Waals surface area contributed by atoms with E-state index in [4.69, 9.17) is 21.9 Å². The van der Waals surface area contributed by atoms with Crippen molar-refractivity contribution in [2.24, 2.45) is 5.73 Å². The maximum atomic E-state index is 12.9. The van der Waals surface area contributed by atoms with E-state index in [9.17, 15) is 23.1 Å². The fourth-order valence-electron chi connectivity index (χ4n) is 4.31. The van der Waals surface area contributed by atoms with Crippen LogP contribution in [0.15, 0.2) is 54.9 Å². The van der Waals surface area contributed by atoms with Crippen molar-refractivity contribution >= 4 is 29.3 Å². The van der Waals surface area contributed by atoms with Crippen molar-refractivity contribution in [2.45, 2.75) is 57.2 Å². The number of carbonyl (C=O) groups is 1. The van der Waals surface area contributed by atoms with E-state index in [1.807, 2.05) is 6.08 Å². The van der Waals surface area contributed by atoms with Gasteiger partial charge in [-0.3, -0.25) is 4.79 Å². The second-order valence-corrected chi connectivity index (χ2v) is 9.86. The summed E-state index contributed by atoms with van der Waals surface area (Å²) in [7, 11) is 0. The Hall–Kier alpha value is -2.36. The van der Waals surface area contributed by atoms with Gasteiger partial charge in [-0.25, -0.2) is 9.97 Å². The first-order valence-corrected chi connectivity index (χ1v) is 13.6. The Morgan fingerprint density at radius 1 is 1.09 bits per heavy atom. The van der Waals surface area contributed by atoms with Gasteiger partial charge >= 0.3 is 57.6 Å². The van der Waals surface area contributed by atoms with Gasteiger partial charge in [-0.2, -0.15) is 13.2 Å². The minimum Gasteiger partial charge on any atom is -0.834 e. The topological polar surface area (TPSA) is 165 Å². The first-order chi connectivity index (χ1) is 20.1. The number of amides is 1. The number of benzene rings is 1. The van der Waals surface area contributed by atoms with Gasteiger partial charge in [-0.1, -0.05) is 43.5 Å². The number of anilines is 3. The fourth-order valence-corrected chi connectivity index (χ4v) is 4.31. The summed E-state index contributed by atoms with van der Waals surface area (Å²) in [5.74, 6) is -0.533. The van der Waals surface area contributed by atoms with Crippen molar-refractivity contribution in [3.05, 3.63) is 82.7 Å². The Bertz CT molecular complexity index is 1330. The Labute approximate surface area is 291 Å². The van der Waals surface area contributed by atoms with Crippen molar-refractivity contribution in [2.75, 3.05) is 30.2 Å². The molecule has 0 unspecified atom stereocenters. The Morgan fingerprint density at radius 2 is 1.79 bits per heavy atom. The molecule has 1 fully saturated rings. The first kappa shape index (κ1) is 36.8. The van der Waals surface area contributed by atoms with Crippen LogP contribution in [0.1, 0.15) is 71.1 Å². The molecule has 43 heavy (non-hydrogen) atoms. The molecule has 226 valence electrons. The molecule has 2 heterocycles. The van der Waals surface area contributed by atoms with Crippen LogP contribution in [0, 0.1) is 0 Å². The molecule has 1 amide bonds. The molecule has 3 aromatic rings. The zero-order valence-corrected chi connectivity index (χ0v) is 27.3. The van der Waals surface area contributed by atoms with Crippen LogP contribution in [0.3, 0.4) is 0 Å². The molecule has 2 aromatic heterocycles. The molecule has 1 aliphatic rings. The molecule has 9 nitrogen and oxygen atoms in total. The third-order valence-corrected chi connectivity index (χ3v) is 6.67. The SMILES string of the molecule is NC1CCCCC1.Nc1ncc(/C=C/CCOC[O-])c(N)c1Cc1ccc(C(=O)Nc2cc(C(F)(F)F)ccn2)cc1.[K+]. The largest absolute Gasteiger partial charge is 1.00 e. The maximum absolute atomic E-state index is 12.9. The maximum Gasteiger partial charge on any atom is 1.00 e. The molecule has 4 rings (SSSR count). The minimum absolute atomic E-state index is 0. The normalized spacial score (nSPS) is 13.6. The van der Waals surface area contributed by atoms with Gasteiger partial charge in [-0.15, -0.1) is 0 Å². The smallest absolute Gasteiger partial charge is 0.834 e. The summed E-state index contributed by atoms with van der Waals surface area (Å²) in [5.41, 5.74) is 19.8. The number of nitrogen functional groups attached to an aromatic ring is 2. The fraction of sp³-hybridized carbons (Fsp3) is 0.367. The van der Waals surface area contributed by atoms with Crippen LogP contribution >= 0.6 is 0 Å². The number of hydrogen-bond acceptors (Lipinski definition) is 8. The number of carbonyl (C=O) groups excluding carboxylic acids is 1. The number of nitrogens with one attached hydrogen (secondary N) is 1. The summed E-state index contributed by atoms with van der Waals surface area (Å²) in [4.78, 5) is 20.4. The number of halogens is 3. The number of hydrogen-bond donors (Lipinski definition) is 4. The van der Waals surface area contributed by atoms with Crippen molar-refractivity contribution in [1.29, 1.82) is 0 Å². The van der Waals surface area contributed by atoms with Gasteiger partial charge in [0.25, 0.3) is 5.91 Å². The molecule has 0 aliphatic heterocycles. The Morgan fingerprint density at radius 3 is 2.40 bits per heavy atom. The molecule has 1 aromatic carbocycles. The van der Waals surface area contributed by atoms with Crippen LogP contribution in [0.5, 0.6) is 0 Å². The third-order valence-electron chi connectivity index (χ3n) is 6.67. The van der Waals surface area contributed by atoms with E-state index < -0.39 is 24.4 Å². The van der Waals surface area contributed by atoms with Crippen molar-refractivity contribution in [3.8, 4) is 0 Å². The third kappa shape index (κ3) is 12.3. The number of aromatic nitrogens is 2. The van der Waals surface area contributed by atoms with E-state index in [-0.39, 0.29) is 68.6 Å². The molecule has 0 bridgehead atoms. The second kappa shape index (κ2) is 18.4. The molecular weight excluding hydrogens is 588 g/mol. The molecule has 1 aliphatic carbocycles. The summed E-state index contributed by atoms with van der Waals surface area (Å²) in [6.07, 6.45) is 9.13. The molecule has 0 radical (unpaired) electrons. The van der Waals surface area contributed by atoms with E-state index in [0.717, 1.165) is 23.9 Å². The zero-order valence-electron chi connectivity index (χ0n) is 24.2. The monoisotopic (exact) mass is 624 g/mol. The van der Waals surface area contributed by atoms with E-state index >= 15 is 0 Å². The van der Waals surface area contributed by atoms with Crippen LogP contribution in [0.4, 0.5) is 30.5 Å². The zero-order chi connectivity index (χ0) is 30.5. The number of pyridine rings is 2. The van der Waals surface area contributed by atoms with Gasteiger partial charge in [0.2, 0.25) is 0 Å². The molecule has 0 spiro atoms. The Balaban J connectivity index is 0.000000707. The van der Waals surface area contributed by atoms with E-state index in [0.29, 0.717) is 42.3 Å². The summed E-state index contributed by atoms with van der Waals surface area (Å²) in [6.45, 7) is -0.287. The van der Waals surface area contributed by atoms with Gasteiger partial charge in [0.05, 0.1) is 5.56 Å². The first-order valence-electron chi connectivity index (χ1n) is 13.6.